The van der Waals surface area contributed by atoms with Gasteiger partial charge in [-0.15, -0.1) is 11.3 Å². The number of hydrogen-bond acceptors (Lipinski definition) is 4. The lowest BCUT2D eigenvalue weighted by atomic mass is 10.1. The highest BCUT2D eigenvalue weighted by molar-refractivity contribution is 7.89. The summed E-state index contributed by atoms with van der Waals surface area (Å²) in [5.74, 6) is 0. The van der Waals surface area contributed by atoms with Gasteiger partial charge in [0.2, 0.25) is 10.0 Å². The summed E-state index contributed by atoms with van der Waals surface area (Å²) in [4.78, 5) is 1.35. The Hall–Kier alpha value is -0.430. The Morgan fingerprint density at radius 2 is 2.11 bits per heavy atom. The number of nitrogens with one attached hydrogen (secondary N) is 1. The topological polar surface area (TPSA) is 49.4 Å². The fourth-order valence-electron chi connectivity index (χ4n) is 2.74. The molecule has 18 heavy (non-hydrogen) atoms. The summed E-state index contributed by atoms with van der Waals surface area (Å²) in [5.41, 5.74) is 1.20. The van der Waals surface area contributed by atoms with Gasteiger partial charge in [0.15, 0.2) is 0 Å². The maximum absolute atomic E-state index is 12.6. The molecule has 100 valence electrons. The zero-order valence-electron chi connectivity index (χ0n) is 10.3. The highest BCUT2D eigenvalue weighted by Gasteiger charge is 2.34. The van der Waals surface area contributed by atoms with Gasteiger partial charge in [-0.1, -0.05) is 0 Å². The minimum absolute atomic E-state index is 0.182. The molecule has 1 aromatic heterocycles. The van der Waals surface area contributed by atoms with E-state index in [0.29, 0.717) is 13.1 Å². The van der Waals surface area contributed by atoms with Crippen LogP contribution in [0.1, 0.15) is 23.3 Å². The Morgan fingerprint density at radius 3 is 2.89 bits per heavy atom. The number of nitrogens with zero attached hydrogens (tertiary/aromatic N) is 1. The zero-order valence-corrected chi connectivity index (χ0v) is 11.9. The van der Waals surface area contributed by atoms with Crippen LogP contribution < -0.4 is 5.32 Å². The summed E-state index contributed by atoms with van der Waals surface area (Å²) in [7, 11) is -3.11. The third kappa shape index (κ3) is 2.22. The maximum atomic E-state index is 12.6. The van der Waals surface area contributed by atoms with Gasteiger partial charge in [0, 0.05) is 18.0 Å². The third-order valence-corrected chi connectivity index (χ3v) is 7.21. The van der Waals surface area contributed by atoms with Crippen LogP contribution >= 0.6 is 11.3 Å². The molecule has 0 aromatic carbocycles. The Kier molecular flexibility index (Phi) is 3.44. The summed E-state index contributed by atoms with van der Waals surface area (Å²) >= 11 is 1.74. The second kappa shape index (κ2) is 4.92. The second-order valence-electron chi connectivity index (χ2n) is 4.95. The molecule has 6 heteroatoms. The highest BCUT2D eigenvalue weighted by Crippen LogP contribution is 2.28. The second-order valence-corrected chi connectivity index (χ2v) is 8.16. The molecule has 0 amide bonds. The van der Waals surface area contributed by atoms with E-state index in [1.165, 1.54) is 10.4 Å². The molecule has 0 bridgehead atoms. The van der Waals surface area contributed by atoms with E-state index in [1.807, 2.05) is 0 Å². The van der Waals surface area contributed by atoms with Gasteiger partial charge in [-0.2, -0.15) is 4.31 Å². The lowest BCUT2D eigenvalue weighted by Crippen LogP contribution is -2.45. The molecule has 1 saturated heterocycles. The van der Waals surface area contributed by atoms with E-state index in [9.17, 15) is 8.42 Å². The van der Waals surface area contributed by atoms with E-state index in [4.69, 9.17) is 0 Å². The molecule has 2 aliphatic rings. The molecule has 1 aromatic rings. The van der Waals surface area contributed by atoms with Crippen LogP contribution in [0.2, 0.25) is 0 Å². The summed E-state index contributed by atoms with van der Waals surface area (Å²) in [6, 6.07) is 2.06. The lowest BCUT2D eigenvalue weighted by Gasteiger charge is -2.32. The number of thiophene rings is 1. The van der Waals surface area contributed by atoms with E-state index in [1.54, 1.807) is 15.6 Å². The third-order valence-electron chi connectivity index (χ3n) is 3.84. The molecule has 1 N–H and O–H groups in total. The van der Waals surface area contributed by atoms with Crippen LogP contribution in [-0.2, 0) is 23.0 Å². The largest absolute Gasteiger partial charge is 0.317 e. The maximum Gasteiger partial charge on any atom is 0.217 e. The van der Waals surface area contributed by atoms with Crippen molar-refractivity contribution in [3.8, 4) is 0 Å². The fraction of sp³-hybridized carbons (Fsp3) is 0.667. The molecule has 0 unspecified atom stereocenters. The van der Waals surface area contributed by atoms with Gasteiger partial charge in [0.1, 0.15) is 0 Å². The van der Waals surface area contributed by atoms with E-state index in [-0.39, 0.29) is 5.25 Å². The van der Waals surface area contributed by atoms with Crippen LogP contribution in [0.3, 0.4) is 0 Å². The Morgan fingerprint density at radius 1 is 1.33 bits per heavy atom. The Labute approximate surface area is 112 Å². The molecule has 3 rings (SSSR count). The monoisotopic (exact) mass is 286 g/mol. The van der Waals surface area contributed by atoms with Gasteiger partial charge < -0.3 is 5.32 Å². The van der Waals surface area contributed by atoms with Crippen LogP contribution in [0, 0.1) is 0 Å². The van der Waals surface area contributed by atoms with Crippen molar-refractivity contribution < 1.29 is 8.42 Å². The molecule has 2 aliphatic heterocycles. The fourth-order valence-corrected chi connectivity index (χ4v) is 5.55. The molecule has 4 nitrogen and oxygen atoms in total. The highest BCUT2D eigenvalue weighted by atomic mass is 32.2. The van der Waals surface area contributed by atoms with E-state index >= 15 is 0 Å². The van der Waals surface area contributed by atoms with Gasteiger partial charge in [0.05, 0.1) is 5.25 Å². The number of piperidine rings is 1. The average Bonchev–Trinajstić information content (AvgIpc) is 2.87. The van der Waals surface area contributed by atoms with Crippen LogP contribution in [0.4, 0.5) is 0 Å². The first-order valence-corrected chi connectivity index (χ1v) is 8.81. The molecular formula is C12H18N2O2S2. The molecule has 0 radical (unpaired) electrons. The van der Waals surface area contributed by atoms with E-state index in [0.717, 1.165) is 32.4 Å². The SMILES string of the molecule is O=S(=O)(C1CCNCC1)N1CCc2sccc2C1. The molecule has 0 spiro atoms. The van der Waals surface area contributed by atoms with Crippen molar-refractivity contribution >= 4 is 21.4 Å². The van der Waals surface area contributed by atoms with Crippen LogP contribution in [0.25, 0.3) is 0 Å². The standard InChI is InChI=1S/C12H18N2O2S2/c15-18(16,11-1-5-13-6-2-11)14-7-3-12-10(9-14)4-8-17-12/h4,8,11,13H,1-3,5-7,9H2. The van der Waals surface area contributed by atoms with E-state index in [2.05, 4.69) is 16.8 Å². The summed E-state index contributed by atoms with van der Waals surface area (Å²) in [6.07, 6.45) is 2.36. The van der Waals surface area contributed by atoms with Crippen molar-refractivity contribution in [2.75, 3.05) is 19.6 Å². The van der Waals surface area contributed by atoms with E-state index < -0.39 is 10.0 Å². The first-order valence-electron chi connectivity index (χ1n) is 6.43. The van der Waals surface area contributed by atoms with Gasteiger partial charge in [0.25, 0.3) is 0 Å². The first-order chi connectivity index (χ1) is 8.68. The summed E-state index contributed by atoms with van der Waals surface area (Å²) < 4.78 is 26.8. The van der Waals surface area contributed by atoms with Crippen molar-refractivity contribution in [1.82, 2.24) is 9.62 Å². The van der Waals surface area contributed by atoms with Gasteiger partial charge >= 0.3 is 0 Å². The normalized spacial score (nSPS) is 22.9. The van der Waals surface area contributed by atoms with Crippen molar-refractivity contribution in [2.24, 2.45) is 0 Å². The lowest BCUT2D eigenvalue weighted by molar-refractivity contribution is 0.375. The number of hydrogen-bond donors (Lipinski definition) is 1. The molecule has 0 saturated carbocycles. The van der Waals surface area contributed by atoms with Crippen molar-refractivity contribution in [3.05, 3.63) is 21.9 Å². The van der Waals surface area contributed by atoms with Gasteiger partial charge in [-0.25, -0.2) is 8.42 Å². The van der Waals surface area contributed by atoms with Crippen molar-refractivity contribution in [2.45, 2.75) is 31.1 Å². The van der Waals surface area contributed by atoms with Gasteiger partial charge in [-0.05, 0) is 49.4 Å². The number of fused-ring (bicyclic) bond motifs is 1. The minimum Gasteiger partial charge on any atom is -0.317 e. The molecule has 0 aliphatic carbocycles. The quantitative estimate of drug-likeness (QED) is 0.888. The molecule has 0 atom stereocenters. The van der Waals surface area contributed by atoms with Crippen LogP contribution in [-0.4, -0.2) is 37.6 Å². The molecule has 3 heterocycles. The first kappa shape index (κ1) is 12.6. The van der Waals surface area contributed by atoms with Crippen LogP contribution in [0.5, 0.6) is 0 Å². The zero-order chi connectivity index (χ0) is 12.6. The number of sulfonamides is 1. The van der Waals surface area contributed by atoms with Gasteiger partial charge in [-0.3, -0.25) is 0 Å². The predicted molar refractivity (Wildman–Crippen MR) is 73.2 cm³/mol. The minimum atomic E-state index is -3.11. The predicted octanol–water partition coefficient (Wildman–Crippen LogP) is 1.19. The number of rotatable bonds is 2. The average molecular weight is 286 g/mol. The summed E-state index contributed by atoms with van der Waals surface area (Å²) in [6.45, 7) is 2.87. The van der Waals surface area contributed by atoms with Crippen molar-refractivity contribution in [3.63, 3.8) is 0 Å². The Bertz CT molecular complexity index is 518. The molecular weight excluding hydrogens is 268 g/mol. The molecule has 1 fully saturated rings. The smallest absolute Gasteiger partial charge is 0.217 e. The van der Waals surface area contributed by atoms with Crippen molar-refractivity contribution in [1.29, 1.82) is 0 Å². The van der Waals surface area contributed by atoms with Crippen LogP contribution in [0.15, 0.2) is 11.4 Å². The Balaban J connectivity index is 1.78. The summed E-state index contributed by atoms with van der Waals surface area (Å²) in [5, 5.41) is 5.10.